The van der Waals surface area contributed by atoms with Gasteiger partial charge in [0.15, 0.2) is 0 Å². The van der Waals surface area contributed by atoms with Crippen molar-refractivity contribution in [2.24, 2.45) is 0 Å². The standard InChI is InChI=1S/C5H9O3/c6-3-5-1-2-7-4-8-5/h2,5-6H,1,3-4H2. The van der Waals surface area contributed by atoms with Gasteiger partial charge in [0.05, 0.1) is 19.3 Å². The van der Waals surface area contributed by atoms with Gasteiger partial charge in [-0.15, -0.1) is 0 Å². The molecular formula is C5H9O3. The van der Waals surface area contributed by atoms with Crippen LogP contribution < -0.4 is 0 Å². The van der Waals surface area contributed by atoms with Crippen LogP contribution in [0.4, 0.5) is 0 Å². The largest absolute Gasteiger partial charge is 0.394 e. The normalized spacial score (nSPS) is 30.4. The molecule has 1 unspecified atom stereocenters. The third-order valence-corrected chi connectivity index (χ3v) is 1.05. The summed E-state index contributed by atoms with van der Waals surface area (Å²) in [7, 11) is 0. The average molecular weight is 117 g/mol. The zero-order chi connectivity index (χ0) is 5.82. The fraction of sp³-hybridized carbons (Fsp3) is 0.800. The predicted molar refractivity (Wildman–Crippen MR) is 26.8 cm³/mol. The fourth-order valence-electron chi connectivity index (χ4n) is 0.554. The molecule has 1 radical (unpaired) electrons. The van der Waals surface area contributed by atoms with E-state index >= 15 is 0 Å². The minimum atomic E-state index is -0.0382. The SMILES string of the molecule is OCC1C[CH]OCO1. The first kappa shape index (κ1) is 6.01. The summed E-state index contributed by atoms with van der Waals surface area (Å²) in [5.41, 5.74) is 0. The Morgan fingerprint density at radius 3 is 3.00 bits per heavy atom. The summed E-state index contributed by atoms with van der Waals surface area (Å²) >= 11 is 0. The Kier molecular flexibility index (Phi) is 2.27. The highest BCUT2D eigenvalue weighted by atomic mass is 16.7. The number of aliphatic hydroxyl groups is 1. The van der Waals surface area contributed by atoms with Crippen molar-refractivity contribution in [1.82, 2.24) is 0 Å². The first-order valence-corrected chi connectivity index (χ1v) is 2.59. The minimum absolute atomic E-state index is 0.0382. The summed E-state index contributed by atoms with van der Waals surface area (Å²) in [4.78, 5) is 0. The lowest BCUT2D eigenvalue weighted by molar-refractivity contribution is -0.125. The second-order valence-electron chi connectivity index (χ2n) is 1.66. The molecule has 1 aliphatic heterocycles. The molecule has 47 valence electrons. The van der Waals surface area contributed by atoms with Gasteiger partial charge in [0.1, 0.15) is 6.79 Å². The van der Waals surface area contributed by atoms with Gasteiger partial charge in [-0.05, 0) is 0 Å². The van der Waals surface area contributed by atoms with Crippen LogP contribution in [0.3, 0.4) is 0 Å². The van der Waals surface area contributed by atoms with Gasteiger partial charge < -0.3 is 14.6 Å². The van der Waals surface area contributed by atoms with Crippen LogP contribution in [0.1, 0.15) is 6.42 Å². The first-order valence-electron chi connectivity index (χ1n) is 2.59. The van der Waals surface area contributed by atoms with Crippen LogP contribution in [0.5, 0.6) is 0 Å². The summed E-state index contributed by atoms with van der Waals surface area (Å²) in [6.45, 7) is 2.02. The van der Waals surface area contributed by atoms with Crippen LogP contribution in [-0.4, -0.2) is 24.6 Å². The molecule has 1 fully saturated rings. The smallest absolute Gasteiger partial charge is 0.147 e. The number of rotatable bonds is 1. The molecule has 0 bridgehead atoms. The maximum absolute atomic E-state index is 8.49. The lowest BCUT2D eigenvalue weighted by atomic mass is 10.3. The Balaban J connectivity index is 2.13. The molecule has 1 saturated heterocycles. The highest BCUT2D eigenvalue weighted by Crippen LogP contribution is 2.07. The highest BCUT2D eigenvalue weighted by Gasteiger charge is 2.11. The number of ether oxygens (including phenoxy) is 2. The molecular weight excluding hydrogens is 108 g/mol. The van der Waals surface area contributed by atoms with E-state index in [1.807, 2.05) is 0 Å². The van der Waals surface area contributed by atoms with Gasteiger partial charge in [0.2, 0.25) is 0 Å². The van der Waals surface area contributed by atoms with Crippen LogP contribution in [0.25, 0.3) is 0 Å². The third-order valence-electron chi connectivity index (χ3n) is 1.05. The van der Waals surface area contributed by atoms with E-state index in [0.717, 1.165) is 0 Å². The maximum Gasteiger partial charge on any atom is 0.147 e. The van der Waals surface area contributed by atoms with Gasteiger partial charge in [-0.2, -0.15) is 0 Å². The fourth-order valence-corrected chi connectivity index (χ4v) is 0.554. The molecule has 1 atom stereocenters. The van der Waals surface area contributed by atoms with E-state index in [1.54, 1.807) is 6.61 Å². The van der Waals surface area contributed by atoms with Gasteiger partial charge in [-0.25, -0.2) is 0 Å². The summed E-state index contributed by atoms with van der Waals surface area (Å²) < 4.78 is 9.67. The van der Waals surface area contributed by atoms with Crippen molar-refractivity contribution in [3.63, 3.8) is 0 Å². The second kappa shape index (κ2) is 3.02. The Labute approximate surface area is 48.2 Å². The van der Waals surface area contributed by atoms with Gasteiger partial charge in [-0.1, -0.05) is 0 Å². The molecule has 0 amide bonds. The zero-order valence-corrected chi connectivity index (χ0v) is 4.54. The van der Waals surface area contributed by atoms with Crippen molar-refractivity contribution in [2.45, 2.75) is 12.5 Å². The first-order chi connectivity index (χ1) is 3.93. The van der Waals surface area contributed by atoms with E-state index in [2.05, 4.69) is 0 Å². The Hall–Kier alpha value is -0.120. The van der Waals surface area contributed by atoms with E-state index in [1.165, 1.54) is 0 Å². The van der Waals surface area contributed by atoms with Crippen molar-refractivity contribution in [2.75, 3.05) is 13.4 Å². The summed E-state index contributed by atoms with van der Waals surface area (Å²) in [5.74, 6) is 0. The van der Waals surface area contributed by atoms with E-state index < -0.39 is 0 Å². The maximum atomic E-state index is 8.49. The van der Waals surface area contributed by atoms with Crippen LogP contribution in [-0.2, 0) is 9.47 Å². The molecule has 1 aliphatic rings. The van der Waals surface area contributed by atoms with E-state index in [0.29, 0.717) is 6.42 Å². The highest BCUT2D eigenvalue weighted by molar-refractivity contribution is 4.64. The molecule has 0 aliphatic carbocycles. The van der Waals surface area contributed by atoms with Gasteiger partial charge in [0, 0.05) is 6.42 Å². The van der Waals surface area contributed by atoms with Crippen molar-refractivity contribution >= 4 is 0 Å². The Morgan fingerprint density at radius 2 is 2.62 bits per heavy atom. The number of hydrogen-bond donors (Lipinski definition) is 1. The number of hydrogen-bond acceptors (Lipinski definition) is 3. The van der Waals surface area contributed by atoms with Gasteiger partial charge in [0.25, 0.3) is 0 Å². The minimum Gasteiger partial charge on any atom is -0.394 e. The van der Waals surface area contributed by atoms with Gasteiger partial charge >= 0.3 is 0 Å². The van der Waals surface area contributed by atoms with Crippen molar-refractivity contribution in [3.8, 4) is 0 Å². The summed E-state index contributed by atoms with van der Waals surface area (Å²) in [6.07, 6.45) is 0.653. The molecule has 0 aromatic carbocycles. The Bertz CT molecular complexity index is 58.7. The third kappa shape index (κ3) is 1.43. The molecule has 1 N–H and O–H groups in total. The number of aliphatic hydroxyl groups excluding tert-OH is 1. The molecule has 3 nitrogen and oxygen atoms in total. The monoisotopic (exact) mass is 117 g/mol. The van der Waals surface area contributed by atoms with E-state index in [-0.39, 0.29) is 19.5 Å². The molecule has 3 heteroatoms. The molecule has 1 rings (SSSR count). The van der Waals surface area contributed by atoms with Crippen molar-refractivity contribution in [3.05, 3.63) is 6.61 Å². The Morgan fingerprint density at radius 1 is 1.75 bits per heavy atom. The predicted octanol–water partition coefficient (Wildman–Crippen LogP) is -0.0965. The second-order valence-corrected chi connectivity index (χ2v) is 1.66. The zero-order valence-electron chi connectivity index (χ0n) is 4.54. The lowest BCUT2D eigenvalue weighted by Crippen LogP contribution is -2.24. The molecule has 8 heavy (non-hydrogen) atoms. The van der Waals surface area contributed by atoms with Crippen LogP contribution >= 0.6 is 0 Å². The molecule has 1 heterocycles. The topological polar surface area (TPSA) is 38.7 Å². The van der Waals surface area contributed by atoms with Crippen LogP contribution in [0.15, 0.2) is 0 Å². The van der Waals surface area contributed by atoms with Crippen molar-refractivity contribution in [1.29, 1.82) is 0 Å². The average Bonchev–Trinajstić information content (AvgIpc) is 1.90. The van der Waals surface area contributed by atoms with Gasteiger partial charge in [-0.3, -0.25) is 0 Å². The van der Waals surface area contributed by atoms with Crippen LogP contribution in [0, 0.1) is 6.61 Å². The lowest BCUT2D eigenvalue weighted by Gasteiger charge is -2.19. The molecule has 0 spiro atoms. The molecule has 0 saturated carbocycles. The van der Waals surface area contributed by atoms with E-state index in [9.17, 15) is 0 Å². The van der Waals surface area contributed by atoms with Crippen LogP contribution in [0.2, 0.25) is 0 Å². The van der Waals surface area contributed by atoms with Crippen molar-refractivity contribution < 1.29 is 14.6 Å². The molecule has 0 aromatic heterocycles. The molecule has 0 aromatic rings. The summed E-state index contributed by atoms with van der Waals surface area (Å²) in [6, 6.07) is 0. The summed E-state index contributed by atoms with van der Waals surface area (Å²) in [5, 5.41) is 8.49. The van der Waals surface area contributed by atoms with E-state index in [4.69, 9.17) is 14.6 Å². The quantitative estimate of drug-likeness (QED) is 0.521.